The summed E-state index contributed by atoms with van der Waals surface area (Å²) in [6.45, 7) is 2.49. The Bertz CT molecular complexity index is 1500. The topological polar surface area (TPSA) is 79.9 Å². The highest BCUT2D eigenvalue weighted by molar-refractivity contribution is 6.06. The first-order chi connectivity index (χ1) is 19.6. The molecule has 0 radical (unpaired) electrons. The summed E-state index contributed by atoms with van der Waals surface area (Å²) < 4.78 is 10.6. The van der Waals surface area contributed by atoms with Gasteiger partial charge in [-0.05, 0) is 77.7 Å². The van der Waals surface area contributed by atoms with E-state index < -0.39 is 0 Å². The van der Waals surface area contributed by atoms with E-state index >= 15 is 0 Å². The molecule has 0 aromatic heterocycles. The molecule has 0 atom stereocenters. The summed E-state index contributed by atoms with van der Waals surface area (Å²) in [5.41, 5.74) is 6.30. The Hall–Kier alpha value is -4.62. The molecule has 0 fully saturated rings. The zero-order chi connectivity index (χ0) is 27.9. The van der Waals surface area contributed by atoms with E-state index in [9.17, 15) is 9.59 Å². The molecule has 0 spiro atoms. The number of amides is 2. The highest BCUT2D eigenvalue weighted by Gasteiger charge is 2.21. The number of nitrogens with zero attached hydrogens (tertiary/aromatic N) is 1. The van der Waals surface area contributed by atoms with E-state index in [0.717, 1.165) is 36.3 Å². The molecule has 7 heteroatoms. The summed E-state index contributed by atoms with van der Waals surface area (Å²) in [5, 5.41) is 6.36. The minimum Gasteiger partial charge on any atom is -0.493 e. The molecule has 7 nitrogen and oxygen atoms in total. The summed E-state index contributed by atoms with van der Waals surface area (Å²) >= 11 is 0. The largest absolute Gasteiger partial charge is 0.493 e. The van der Waals surface area contributed by atoms with E-state index in [1.54, 1.807) is 25.3 Å². The molecule has 4 aromatic carbocycles. The second-order valence-corrected chi connectivity index (χ2v) is 9.71. The Balaban J connectivity index is 1.36. The van der Waals surface area contributed by atoms with E-state index in [2.05, 4.69) is 22.8 Å². The van der Waals surface area contributed by atoms with Crippen LogP contribution in [0.25, 0.3) is 0 Å². The van der Waals surface area contributed by atoms with Crippen molar-refractivity contribution in [3.05, 3.63) is 124 Å². The summed E-state index contributed by atoms with van der Waals surface area (Å²) in [7, 11) is 3.08. The van der Waals surface area contributed by atoms with Crippen molar-refractivity contribution in [1.29, 1.82) is 0 Å². The van der Waals surface area contributed by atoms with Crippen molar-refractivity contribution in [2.24, 2.45) is 0 Å². The number of anilines is 1. The van der Waals surface area contributed by atoms with Crippen molar-refractivity contribution in [3.63, 3.8) is 0 Å². The van der Waals surface area contributed by atoms with Gasteiger partial charge in [-0.25, -0.2) is 0 Å². The van der Waals surface area contributed by atoms with Gasteiger partial charge in [0.05, 0.1) is 20.8 Å². The van der Waals surface area contributed by atoms with Gasteiger partial charge >= 0.3 is 0 Å². The second kappa shape index (κ2) is 12.5. The number of benzene rings is 4. The third kappa shape index (κ3) is 6.16. The number of rotatable bonds is 9. The molecule has 40 heavy (non-hydrogen) atoms. The lowest BCUT2D eigenvalue weighted by Crippen LogP contribution is -2.31. The average molecular weight is 536 g/mol. The predicted octanol–water partition coefficient (Wildman–Crippen LogP) is 5.13. The van der Waals surface area contributed by atoms with E-state index in [1.807, 2.05) is 65.6 Å². The lowest BCUT2D eigenvalue weighted by atomic mass is 9.99. The van der Waals surface area contributed by atoms with Crippen LogP contribution < -0.4 is 25.0 Å². The van der Waals surface area contributed by atoms with Crippen LogP contribution in [0.4, 0.5) is 5.69 Å². The molecule has 0 unspecified atom stereocenters. The minimum absolute atomic E-state index is 0.0966. The van der Waals surface area contributed by atoms with E-state index in [-0.39, 0.29) is 18.4 Å². The third-order valence-corrected chi connectivity index (χ3v) is 7.09. The van der Waals surface area contributed by atoms with Gasteiger partial charge < -0.3 is 25.0 Å². The number of methoxy groups -OCH3 is 2. The first-order valence-corrected chi connectivity index (χ1v) is 13.3. The number of nitrogens with one attached hydrogen (secondary N) is 2. The molecular weight excluding hydrogens is 502 g/mol. The van der Waals surface area contributed by atoms with Crippen LogP contribution in [0.3, 0.4) is 0 Å². The van der Waals surface area contributed by atoms with Crippen LogP contribution in [0.15, 0.2) is 91.0 Å². The van der Waals surface area contributed by atoms with Crippen molar-refractivity contribution in [1.82, 2.24) is 10.6 Å². The van der Waals surface area contributed by atoms with Gasteiger partial charge in [0.15, 0.2) is 11.5 Å². The van der Waals surface area contributed by atoms with Crippen molar-refractivity contribution in [3.8, 4) is 11.5 Å². The lowest BCUT2D eigenvalue weighted by Gasteiger charge is -2.26. The van der Waals surface area contributed by atoms with Crippen LogP contribution >= 0.6 is 0 Å². The fourth-order valence-corrected chi connectivity index (χ4v) is 4.91. The maximum absolute atomic E-state index is 14.0. The van der Waals surface area contributed by atoms with E-state index in [4.69, 9.17) is 9.47 Å². The van der Waals surface area contributed by atoms with Crippen molar-refractivity contribution < 1.29 is 19.1 Å². The number of carbonyl (C=O) groups excluding carboxylic acids is 2. The summed E-state index contributed by atoms with van der Waals surface area (Å²) in [5.74, 6) is 0.700. The molecule has 1 aliphatic heterocycles. The van der Waals surface area contributed by atoms with E-state index in [1.165, 1.54) is 18.2 Å². The third-order valence-electron chi connectivity index (χ3n) is 7.09. The van der Waals surface area contributed by atoms with Gasteiger partial charge in [-0.2, -0.15) is 0 Å². The maximum Gasteiger partial charge on any atom is 0.258 e. The van der Waals surface area contributed by atoms with Crippen LogP contribution in [0, 0.1) is 0 Å². The maximum atomic E-state index is 14.0. The molecule has 2 N–H and O–H groups in total. The van der Waals surface area contributed by atoms with Gasteiger partial charge in [0.25, 0.3) is 11.8 Å². The Morgan fingerprint density at radius 1 is 0.800 bits per heavy atom. The highest BCUT2D eigenvalue weighted by atomic mass is 16.5. The Labute approximate surface area is 234 Å². The molecule has 4 aromatic rings. The van der Waals surface area contributed by atoms with Crippen molar-refractivity contribution in [2.45, 2.75) is 26.1 Å². The fourth-order valence-electron chi connectivity index (χ4n) is 4.91. The Morgan fingerprint density at radius 3 is 2.40 bits per heavy atom. The van der Waals surface area contributed by atoms with Crippen LogP contribution in [0.2, 0.25) is 0 Å². The molecule has 0 bridgehead atoms. The molecule has 0 aliphatic carbocycles. The summed E-state index contributed by atoms with van der Waals surface area (Å²) in [6.07, 6.45) is 0.985. The molecule has 0 saturated heterocycles. The lowest BCUT2D eigenvalue weighted by molar-refractivity contribution is 0.0949. The van der Waals surface area contributed by atoms with Gasteiger partial charge in [0, 0.05) is 29.9 Å². The normalized spacial score (nSPS) is 12.2. The molecule has 1 aliphatic rings. The zero-order valence-electron chi connectivity index (χ0n) is 22.8. The van der Waals surface area contributed by atoms with Gasteiger partial charge in [-0.15, -0.1) is 0 Å². The number of ether oxygens (including phenoxy) is 2. The Morgan fingerprint density at radius 2 is 1.60 bits per heavy atom. The first-order valence-electron chi connectivity index (χ1n) is 13.3. The summed E-state index contributed by atoms with van der Waals surface area (Å²) in [4.78, 5) is 28.6. The van der Waals surface area contributed by atoms with Gasteiger partial charge in [0.2, 0.25) is 0 Å². The van der Waals surface area contributed by atoms with Crippen LogP contribution in [-0.2, 0) is 26.1 Å². The molecule has 1 heterocycles. The number of hydrogen-bond donors (Lipinski definition) is 2. The second-order valence-electron chi connectivity index (χ2n) is 9.71. The monoisotopic (exact) mass is 535 g/mol. The van der Waals surface area contributed by atoms with Crippen LogP contribution in [-0.4, -0.2) is 32.6 Å². The average Bonchev–Trinajstić information content (AvgIpc) is 3.02. The molecular formula is C33H33N3O4. The molecule has 204 valence electrons. The van der Waals surface area contributed by atoms with Crippen LogP contribution in [0.5, 0.6) is 11.5 Å². The number of fused-ring (bicyclic) bond motifs is 1. The quantitative estimate of drug-likeness (QED) is 0.311. The van der Waals surface area contributed by atoms with Crippen molar-refractivity contribution in [2.75, 3.05) is 25.7 Å². The number of carbonyl (C=O) groups is 2. The van der Waals surface area contributed by atoms with Crippen molar-refractivity contribution >= 4 is 17.5 Å². The predicted molar refractivity (Wildman–Crippen MR) is 156 cm³/mol. The van der Waals surface area contributed by atoms with E-state index in [0.29, 0.717) is 29.2 Å². The van der Waals surface area contributed by atoms with Gasteiger partial charge in [-0.1, -0.05) is 48.5 Å². The standard InChI is InChI=1S/C33H33N3O4/c1-39-30-14-12-26(19-31(30)40-2)32(37)35-20-24-9-6-10-27(17-24)33(38)36(22-23-7-4-3-5-8-23)29-13-11-25-15-16-34-21-28(25)18-29/h3-14,17-19,34H,15-16,20-22H2,1-2H3,(H,35,37). The Kier molecular flexibility index (Phi) is 8.42. The molecule has 0 saturated carbocycles. The first kappa shape index (κ1) is 27.0. The number of hydrogen-bond acceptors (Lipinski definition) is 5. The smallest absolute Gasteiger partial charge is 0.258 e. The molecule has 2 amide bonds. The van der Waals surface area contributed by atoms with Gasteiger partial charge in [-0.3, -0.25) is 9.59 Å². The molecule has 5 rings (SSSR count). The highest BCUT2D eigenvalue weighted by Crippen LogP contribution is 2.28. The summed E-state index contributed by atoms with van der Waals surface area (Å²) in [6, 6.07) is 28.7. The SMILES string of the molecule is COc1ccc(C(=O)NCc2cccc(C(=O)N(Cc3ccccc3)c3ccc4c(c3)CNCC4)c2)cc1OC. The van der Waals surface area contributed by atoms with Gasteiger partial charge in [0.1, 0.15) is 0 Å². The van der Waals surface area contributed by atoms with Crippen LogP contribution in [0.1, 0.15) is 43.0 Å². The fraction of sp³-hybridized carbons (Fsp3) is 0.212. The zero-order valence-corrected chi connectivity index (χ0v) is 22.8. The minimum atomic E-state index is -0.244.